The highest BCUT2D eigenvalue weighted by molar-refractivity contribution is 4.93. The summed E-state index contributed by atoms with van der Waals surface area (Å²) in [5.41, 5.74) is 0. The average Bonchev–Trinajstić information content (AvgIpc) is 3.19. The van der Waals surface area contributed by atoms with Gasteiger partial charge in [-0.1, -0.05) is 13.3 Å². The summed E-state index contributed by atoms with van der Waals surface area (Å²) in [6.07, 6.45) is 9.74. The normalized spacial score (nSPS) is 31.1. The van der Waals surface area contributed by atoms with Crippen LogP contribution in [0.15, 0.2) is 0 Å². The molecule has 2 saturated heterocycles. The molecule has 2 heterocycles. The van der Waals surface area contributed by atoms with E-state index in [9.17, 15) is 0 Å². The molecule has 0 aromatic heterocycles. The van der Waals surface area contributed by atoms with Crippen molar-refractivity contribution in [3.63, 3.8) is 0 Å². The molecule has 2 aliphatic heterocycles. The molecule has 3 nitrogen and oxygen atoms in total. The molecule has 0 bridgehead atoms. The van der Waals surface area contributed by atoms with Crippen molar-refractivity contribution in [1.82, 2.24) is 15.1 Å². The molecule has 1 unspecified atom stereocenters. The predicted molar refractivity (Wildman–Crippen MR) is 80.5 cm³/mol. The highest BCUT2D eigenvalue weighted by Gasteiger charge is 2.35. The van der Waals surface area contributed by atoms with Gasteiger partial charge in [-0.05, 0) is 58.2 Å². The van der Waals surface area contributed by atoms with Crippen molar-refractivity contribution in [2.24, 2.45) is 0 Å². The molecule has 0 aromatic carbocycles. The van der Waals surface area contributed by atoms with Crippen LogP contribution in [0.5, 0.6) is 0 Å². The van der Waals surface area contributed by atoms with Gasteiger partial charge in [0.1, 0.15) is 0 Å². The first-order valence-electron chi connectivity index (χ1n) is 8.57. The van der Waals surface area contributed by atoms with Crippen LogP contribution in [-0.2, 0) is 0 Å². The Morgan fingerprint density at radius 3 is 2.37 bits per heavy atom. The number of likely N-dealkylation sites (tertiary alicyclic amines) is 2. The average molecular weight is 265 g/mol. The first-order valence-corrected chi connectivity index (χ1v) is 8.57. The number of nitrogens with zero attached hydrogens (tertiary/aromatic N) is 2. The monoisotopic (exact) mass is 265 g/mol. The third-order valence-electron chi connectivity index (χ3n) is 5.17. The first-order chi connectivity index (χ1) is 9.35. The third-order valence-corrected chi connectivity index (χ3v) is 5.17. The number of nitrogens with one attached hydrogen (secondary N) is 1. The lowest BCUT2D eigenvalue weighted by Gasteiger charge is -2.34. The van der Waals surface area contributed by atoms with Gasteiger partial charge in [0.25, 0.3) is 0 Å². The van der Waals surface area contributed by atoms with Crippen molar-refractivity contribution >= 4 is 0 Å². The van der Waals surface area contributed by atoms with Gasteiger partial charge in [-0.2, -0.15) is 0 Å². The minimum absolute atomic E-state index is 0.785. The Kier molecular flexibility index (Phi) is 4.78. The van der Waals surface area contributed by atoms with Gasteiger partial charge in [0.2, 0.25) is 0 Å². The largest absolute Gasteiger partial charge is 0.310 e. The van der Waals surface area contributed by atoms with Gasteiger partial charge in [-0.25, -0.2) is 0 Å². The summed E-state index contributed by atoms with van der Waals surface area (Å²) in [5.74, 6) is 0. The van der Waals surface area contributed by atoms with Gasteiger partial charge in [-0.15, -0.1) is 0 Å². The topological polar surface area (TPSA) is 18.5 Å². The molecule has 3 heteroatoms. The molecule has 110 valence electrons. The van der Waals surface area contributed by atoms with Crippen LogP contribution in [-0.4, -0.2) is 60.6 Å². The number of hydrogen-bond donors (Lipinski definition) is 1. The fraction of sp³-hybridized carbons (Fsp3) is 1.00. The lowest BCUT2D eigenvalue weighted by molar-refractivity contribution is 0.188. The zero-order valence-electron chi connectivity index (χ0n) is 12.6. The highest BCUT2D eigenvalue weighted by Crippen LogP contribution is 2.30. The summed E-state index contributed by atoms with van der Waals surface area (Å²) >= 11 is 0. The van der Waals surface area contributed by atoms with Crippen molar-refractivity contribution in [1.29, 1.82) is 0 Å². The maximum absolute atomic E-state index is 3.94. The maximum atomic E-state index is 3.94. The SMILES string of the molecule is CCCCN1CCC(NC2CCN(C3CC3)C2)CC1. The van der Waals surface area contributed by atoms with Crippen molar-refractivity contribution in [2.75, 3.05) is 32.7 Å². The van der Waals surface area contributed by atoms with Crippen molar-refractivity contribution in [3.8, 4) is 0 Å². The van der Waals surface area contributed by atoms with Gasteiger partial charge in [0, 0.05) is 31.2 Å². The molecule has 0 amide bonds. The van der Waals surface area contributed by atoms with Gasteiger partial charge >= 0.3 is 0 Å². The number of piperidine rings is 1. The molecule has 0 aromatic rings. The molecular weight excluding hydrogens is 234 g/mol. The summed E-state index contributed by atoms with van der Waals surface area (Å²) < 4.78 is 0. The molecule has 3 fully saturated rings. The van der Waals surface area contributed by atoms with Gasteiger partial charge in [-0.3, -0.25) is 4.90 Å². The van der Waals surface area contributed by atoms with Crippen molar-refractivity contribution in [3.05, 3.63) is 0 Å². The van der Waals surface area contributed by atoms with Crippen LogP contribution in [0, 0.1) is 0 Å². The Morgan fingerprint density at radius 1 is 0.947 bits per heavy atom. The molecule has 3 aliphatic rings. The van der Waals surface area contributed by atoms with Crippen LogP contribution in [0.1, 0.15) is 51.9 Å². The second-order valence-electron chi connectivity index (χ2n) is 6.85. The van der Waals surface area contributed by atoms with Crippen LogP contribution < -0.4 is 5.32 Å². The smallest absolute Gasteiger partial charge is 0.0209 e. The Hall–Kier alpha value is -0.120. The van der Waals surface area contributed by atoms with E-state index in [1.807, 2.05) is 0 Å². The summed E-state index contributed by atoms with van der Waals surface area (Å²) in [6, 6.07) is 2.54. The minimum atomic E-state index is 0.785. The molecule has 1 N–H and O–H groups in total. The van der Waals surface area contributed by atoms with E-state index in [-0.39, 0.29) is 0 Å². The molecule has 0 radical (unpaired) electrons. The fourth-order valence-corrected chi connectivity index (χ4v) is 3.73. The lowest BCUT2D eigenvalue weighted by Crippen LogP contribution is -2.47. The molecule has 0 spiro atoms. The van der Waals surface area contributed by atoms with E-state index in [1.54, 1.807) is 0 Å². The number of rotatable bonds is 6. The number of unbranched alkanes of at least 4 members (excludes halogenated alkanes) is 1. The Morgan fingerprint density at radius 2 is 1.68 bits per heavy atom. The molecular formula is C16H31N3. The van der Waals surface area contributed by atoms with Crippen LogP contribution in [0.25, 0.3) is 0 Å². The second-order valence-corrected chi connectivity index (χ2v) is 6.85. The quantitative estimate of drug-likeness (QED) is 0.793. The van der Waals surface area contributed by atoms with Crippen LogP contribution >= 0.6 is 0 Å². The standard InChI is InChI=1S/C16H31N3/c1-2-3-9-18-10-6-14(7-11-18)17-15-8-12-19(13-15)16-4-5-16/h14-17H,2-13H2,1H3. The summed E-state index contributed by atoms with van der Waals surface area (Å²) in [6.45, 7) is 8.91. The second kappa shape index (κ2) is 6.55. The maximum Gasteiger partial charge on any atom is 0.0209 e. The summed E-state index contributed by atoms with van der Waals surface area (Å²) in [4.78, 5) is 5.38. The Balaban J connectivity index is 1.33. The lowest BCUT2D eigenvalue weighted by atomic mass is 10.0. The van der Waals surface area contributed by atoms with Crippen LogP contribution in [0.3, 0.4) is 0 Å². The van der Waals surface area contributed by atoms with Crippen molar-refractivity contribution < 1.29 is 0 Å². The number of hydrogen-bond acceptors (Lipinski definition) is 3. The zero-order chi connectivity index (χ0) is 13.1. The molecule has 19 heavy (non-hydrogen) atoms. The molecule has 1 aliphatic carbocycles. The Labute approximate surface area is 118 Å². The third kappa shape index (κ3) is 3.93. The van der Waals surface area contributed by atoms with E-state index in [1.165, 1.54) is 77.7 Å². The Bertz CT molecular complexity index is 269. The van der Waals surface area contributed by atoms with E-state index >= 15 is 0 Å². The van der Waals surface area contributed by atoms with E-state index in [2.05, 4.69) is 22.0 Å². The van der Waals surface area contributed by atoms with Crippen LogP contribution in [0.4, 0.5) is 0 Å². The van der Waals surface area contributed by atoms with Gasteiger partial charge in [0.15, 0.2) is 0 Å². The highest BCUT2D eigenvalue weighted by atomic mass is 15.2. The fourth-order valence-electron chi connectivity index (χ4n) is 3.73. The van der Waals surface area contributed by atoms with Crippen molar-refractivity contribution in [2.45, 2.75) is 70.0 Å². The van der Waals surface area contributed by atoms with E-state index in [0.29, 0.717) is 0 Å². The minimum Gasteiger partial charge on any atom is -0.310 e. The van der Waals surface area contributed by atoms with Gasteiger partial charge < -0.3 is 10.2 Å². The van der Waals surface area contributed by atoms with E-state index in [0.717, 1.165) is 18.1 Å². The summed E-state index contributed by atoms with van der Waals surface area (Å²) in [7, 11) is 0. The molecule has 1 saturated carbocycles. The predicted octanol–water partition coefficient (Wildman–Crippen LogP) is 2.08. The molecule has 1 atom stereocenters. The molecule has 3 rings (SSSR count). The summed E-state index contributed by atoms with van der Waals surface area (Å²) in [5, 5.41) is 3.94. The van der Waals surface area contributed by atoms with E-state index in [4.69, 9.17) is 0 Å². The zero-order valence-corrected chi connectivity index (χ0v) is 12.6. The van der Waals surface area contributed by atoms with Crippen LogP contribution in [0.2, 0.25) is 0 Å². The van der Waals surface area contributed by atoms with E-state index < -0.39 is 0 Å². The first kappa shape index (κ1) is 13.8. The van der Waals surface area contributed by atoms with Gasteiger partial charge in [0.05, 0.1) is 0 Å².